The van der Waals surface area contributed by atoms with E-state index in [1.165, 1.54) is 173 Å². The van der Waals surface area contributed by atoms with Crippen LogP contribution in [0.25, 0.3) is 0 Å². The van der Waals surface area contributed by atoms with E-state index in [4.69, 9.17) is 0 Å². The van der Waals surface area contributed by atoms with E-state index in [2.05, 4.69) is 31.3 Å². The highest BCUT2D eigenvalue weighted by molar-refractivity contribution is 5.80. The van der Waals surface area contributed by atoms with Gasteiger partial charge in [-0.15, -0.1) is 0 Å². The van der Waals surface area contributed by atoms with E-state index in [0.29, 0.717) is 12.8 Å². The number of amides is 1. The molecule has 1 amide bonds. The van der Waals surface area contributed by atoms with Gasteiger partial charge >= 0.3 is 0 Å². The Bertz CT molecular complexity index is 669. The summed E-state index contributed by atoms with van der Waals surface area (Å²) in [6.45, 7) is 4.21. The van der Waals surface area contributed by atoms with Crippen molar-refractivity contribution >= 4 is 5.91 Å². The Labute approximate surface area is 299 Å². The van der Waals surface area contributed by atoms with Crippen molar-refractivity contribution in [2.75, 3.05) is 6.61 Å². The zero-order chi connectivity index (χ0) is 35.2. The number of nitrogens with one attached hydrogen (secondary N) is 1. The van der Waals surface area contributed by atoms with E-state index in [-0.39, 0.29) is 6.61 Å². The van der Waals surface area contributed by atoms with Gasteiger partial charge in [-0.2, -0.15) is 0 Å². The summed E-state index contributed by atoms with van der Waals surface area (Å²) in [6, 6.07) is -0.707. The largest absolute Gasteiger partial charge is 0.394 e. The molecule has 4 N–H and O–H groups in total. The fourth-order valence-electron chi connectivity index (χ4n) is 6.72. The molecular weight excluding hydrogens is 594 g/mol. The molecule has 0 aromatic rings. The first-order chi connectivity index (χ1) is 23.6. The van der Waals surface area contributed by atoms with Crippen molar-refractivity contribution < 1.29 is 20.1 Å². The first kappa shape index (κ1) is 47.1. The summed E-state index contributed by atoms with van der Waals surface area (Å²) in [5.74, 6) is -0.473. The molecule has 0 fully saturated rings. The second-order valence-corrected chi connectivity index (χ2v) is 14.9. The van der Waals surface area contributed by atoms with Crippen LogP contribution in [0.15, 0.2) is 12.2 Å². The first-order valence-electron chi connectivity index (χ1n) is 21.5. The van der Waals surface area contributed by atoms with Crippen LogP contribution in [0.4, 0.5) is 0 Å². The number of carbonyl (C=O) groups is 1. The summed E-state index contributed by atoms with van der Waals surface area (Å²) in [4.78, 5) is 12.4. The third-order valence-corrected chi connectivity index (χ3v) is 10.1. The van der Waals surface area contributed by atoms with Crippen LogP contribution in [0.1, 0.15) is 232 Å². The first-order valence-corrected chi connectivity index (χ1v) is 21.5. The van der Waals surface area contributed by atoms with Gasteiger partial charge in [0.25, 0.3) is 0 Å². The number of rotatable bonds is 39. The molecule has 48 heavy (non-hydrogen) atoms. The van der Waals surface area contributed by atoms with Gasteiger partial charge in [-0.3, -0.25) is 4.79 Å². The Morgan fingerprint density at radius 1 is 0.479 bits per heavy atom. The van der Waals surface area contributed by atoms with Crippen LogP contribution in [0.2, 0.25) is 0 Å². The zero-order valence-corrected chi connectivity index (χ0v) is 32.4. The van der Waals surface area contributed by atoms with Gasteiger partial charge in [0.05, 0.1) is 18.8 Å². The number of hydrogen-bond donors (Lipinski definition) is 4. The molecule has 5 nitrogen and oxygen atoms in total. The third kappa shape index (κ3) is 33.6. The lowest BCUT2D eigenvalue weighted by atomic mass is 10.0. The van der Waals surface area contributed by atoms with E-state index in [1.54, 1.807) is 0 Å². The van der Waals surface area contributed by atoms with Gasteiger partial charge in [0.15, 0.2) is 0 Å². The summed E-state index contributed by atoms with van der Waals surface area (Å²) < 4.78 is 0. The molecule has 0 heterocycles. The topological polar surface area (TPSA) is 89.8 Å². The maximum atomic E-state index is 12.4. The third-order valence-electron chi connectivity index (χ3n) is 10.1. The molecule has 0 spiro atoms. The Kier molecular flexibility index (Phi) is 38.1. The van der Waals surface area contributed by atoms with E-state index >= 15 is 0 Å². The van der Waals surface area contributed by atoms with Crippen LogP contribution in [-0.2, 0) is 4.79 Å². The quantitative estimate of drug-likeness (QED) is 0.0384. The molecule has 0 aliphatic heterocycles. The molecule has 0 aliphatic carbocycles. The minimum absolute atomic E-state index is 0.312. The maximum Gasteiger partial charge on any atom is 0.249 e. The molecule has 0 rings (SSSR count). The smallest absolute Gasteiger partial charge is 0.249 e. The predicted octanol–water partition coefficient (Wildman–Crippen LogP) is 12.0. The van der Waals surface area contributed by atoms with Crippen molar-refractivity contribution in [1.29, 1.82) is 0 Å². The van der Waals surface area contributed by atoms with Gasteiger partial charge in [-0.25, -0.2) is 0 Å². The van der Waals surface area contributed by atoms with Crippen LogP contribution < -0.4 is 5.32 Å². The summed E-state index contributed by atoms with van der Waals surface area (Å²) >= 11 is 0. The van der Waals surface area contributed by atoms with E-state index in [1.807, 2.05) is 0 Å². The second-order valence-electron chi connectivity index (χ2n) is 14.9. The molecule has 286 valence electrons. The van der Waals surface area contributed by atoms with Crippen LogP contribution in [-0.4, -0.2) is 46.1 Å². The molecule has 0 saturated carbocycles. The molecule has 0 aromatic carbocycles. The normalized spacial score (nSPS) is 13.7. The minimum Gasteiger partial charge on any atom is -0.394 e. The molecule has 5 heteroatoms. The van der Waals surface area contributed by atoms with Gasteiger partial charge in [-0.05, 0) is 38.5 Å². The van der Waals surface area contributed by atoms with Crippen molar-refractivity contribution in [3.05, 3.63) is 12.2 Å². The van der Waals surface area contributed by atoms with Gasteiger partial charge in [0, 0.05) is 0 Å². The Balaban J connectivity index is 3.54. The summed E-state index contributed by atoms with van der Waals surface area (Å²) in [5.41, 5.74) is 0. The summed E-state index contributed by atoms with van der Waals surface area (Å²) in [5, 5.41) is 33.1. The molecule has 3 atom stereocenters. The molecule has 0 aromatic heterocycles. The summed E-state index contributed by atoms with van der Waals surface area (Å²) in [6.07, 6.45) is 45.1. The highest BCUT2D eigenvalue weighted by Crippen LogP contribution is 2.16. The van der Waals surface area contributed by atoms with Gasteiger partial charge in [0.2, 0.25) is 5.91 Å². The minimum atomic E-state index is -1.07. The van der Waals surface area contributed by atoms with Crippen molar-refractivity contribution in [3.63, 3.8) is 0 Å². The van der Waals surface area contributed by atoms with Crippen LogP contribution in [0, 0.1) is 0 Å². The lowest BCUT2D eigenvalue weighted by Gasteiger charge is -2.23. The Hall–Kier alpha value is -0.910. The molecular formula is C43H85NO4. The molecule has 0 bridgehead atoms. The fraction of sp³-hybridized carbons (Fsp3) is 0.930. The number of allylic oxidation sites excluding steroid dienone is 2. The maximum absolute atomic E-state index is 12.4. The molecule has 0 aliphatic rings. The monoisotopic (exact) mass is 680 g/mol. The summed E-state index contributed by atoms with van der Waals surface area (Å²) in [7, 11) is 0. The standard InChI is InChI=1S/C43H85NO4/c1-3-5-7-9-11-13-14-15-16-17-18-19-20-21-22-23-24-25-26-27-28-30-32-34-36-38-42(47)43(48)44-40(39-45)41(46)37-35-33-31-29-12-10-8-6-4-2/h21-22,40-42,45-47H,3-20,23-39H2,1-2H3,(H,44,48)/b22-21-. The van der Waals surface area contributed by atoms with Crippen molar-refractivity contribution in [2.24, 2.45) is 0 Å². The number of unbranched alkanes of at least 4 members (excludes halogenated alkanes) is 29. The predicted molar refractivity (Wildman–Crippen MR) is 208 cm³/mol. The number of carbonyl (C=O) groups excluding carboxylic acids is 1. The van der Waals surface area contributed by atoms with E-state index in [9.17, 15) is 20.1 Å². The number of hydrogen-bond acceptors (Lipinski definition) is 4. The van der Waals surface area contributed by atoms with Crippen molar-refractivity contribution in [1.82, 2.24) is 5.32 Å². The molecule has 3 unspecified atom stereocenters. The average Bonchev–Trinajstić information content (AvgIpc) is 3.09. The van der Waals surface area contributed by atoms with Crippen LogP contribution >= 0.6 is 0 Å². The van der Waals surface area contributed by atoms with Gasteiger partial charge < -0.3 is 20.6 Å². The lowest BCUT2D eigenvalue weighted by molar-refractivity contribution is -0.131. The Morgan fingerprint density at radius 3 is 1.15 bits per heavy atom. The Morgan fingerprint density at radius 2 is 0.792 bits per heavy atom. The molecule has 0 radical (unpaired) electrons. The highest BCUT2D eigenvalue weighted by Gasteiger charge is 2.23. The average molecular weight is 680 g/mol. The van der Waals surface area contributed by atoms with Crippen molar-refractivity contribution in [3.8, 4) is 0 Å². The highest BCUT2D eigenvalue weighted by atomic mass is 16.3. The van der Waals surface area contributed by atoms with Gasteiger partial charge in [0.1, 0.15) is 6.10 Å². The van der Waals surface area contributed by atoms with Crippen LogP contribution in [0.3, 0.4) is 0 Å². The van der Waals surface area contributed by atoms with E-state index in [0.717, 1.165) is 32.1 Å². The van der Waals surface area contributed by atoms with Gasteiger partial charge in [-0.1, -0.05) is 206 Å². The molecule has 0 saturated heterocycles. The van der Waals surface area contributed by atoms with Crippen LogP contribution in [0.5, 0.6) is 0 Å². The van der Waals surface area contributed by atoms with Crippen molar-refractivity contribution in [2.45, 2.75) is 250 Å². The second kappa shape index (κ2) is 38.9. The SMILES string of the molecule is CCCCCCCCCCCCCC/C=C\CCCCCCCCCCCC(O)C(=O)NC(CO)C(O)CCCCCCCCCCC. The zero-order valence-electron chi connectivity index (χ0n) is 32.4. The number of aliphatic hydroxyl groups excluding tert-OH is 3. The number of aliphatic hydroxyl groups is 3. The lowest BCUT2D eigenvalue weighted by Crippen LogP contribution is -2.49. The van der Waals surface area contributed by atoms with E-state index < -0.39 is 24.2 Å². The fourth-order valence-corrected chi connectivity index (χ4v) is 6.72.